The Hall–Kier alpha value is -3.16. The topological polar surface area (TPSA) is 72.7 Å². The van der Waals surface area contributed by atoms with Gasteiger partial charge in [-0.1, -0.05) is 0 Å². The molecular formula is C19H17F2N5O. The average molecular weight is 369 g/mol. The van der Waals surface area contributed by atoms with E-state index in [2.05, 4.69) is 20.4 Å². The Kier molecular flexibility index (Phi) is 4.39. The third kappa shape index (κ3) is 3.69. The first kappa shape index (κ1) is 17.3. The molecule has 2 heterocycles. The molecule has 1 amide bonds. The highest BCUT2D eigenvalue weighted by atomic mass is 19.2. The van der Waals surface area contributed by atoms with E-state index in [1.165, 1.54) is 23.1 Å². The Labute approximate surface area is 154 Å². The number of benzene rings is 1. The van der Waals surface area contributed by atoms with Gasteiger partial charge in [-0.15, -0.1) is 0 Å². The van der Waals surface area contributed by atoms with Crippen LogP contribution in [0.3, 0.4) is 0 Å². The van der Waals surface area contributed by atoms with Gasteiger partial charge in [-0.3, -0.25) is 9.48 Å². The molecule has 0 atom stereocenters. The van der Waals surface area contributed by atoms with Gasteiger partial charge in [-0.2, -0.15) is 5.10 Å². The summed E-state index contributed by atoms with van der Waals surface area (Å²) in [5, 5.41) is 7.02. The van der Waals surface area contributed by atoms with Gasteiger partial charge >= 0.3 is 0 Å². The number of aryl methyl sites for hydroxylation is 1. The predicted octanol–water partition coefficient (Wildman–Crippen LogP) is 2.96. The molecule has 8 heteroatoms. The molecule has 6 nitrogen and oxygen atoms in total. The summed E-state index contributed by atoms with van der Waals surface area (Å²) in [6.45, 7) is 0.271. The summed E-state index contributed by atoms with van der Waals surface area (Å²) in [6.07, 6.45) is 3.80. The van der Waals surface area contributed by atoms with Gasteiger partial charge in [0, 0.05) is 24.2 Å². The van der Waals surface area contributed by atoms with Gasteiger partial charge in [0.1, 0.15) is 12.0 Å². The van der Waals surface area contributed by atoms with E-state index < -0.39 is 11.6 Å². The molecule has 1 fully saturated rings. The largest absolute Gasteiger partial charge is 0.345 e. The van der Waals surface area contributed by atoms with E-state index >= 15 is 0 Å². The zero-order valence-electron chi connectivity index (χ0n) is 14.6. The van der Waals surface area contributed by atoms with E-state index in [1.807, 2.05) is 6.07 Å². The quantitative estimate of drug-likeness (QED) is 0.751. The Bertz CT molecular complexity index is 1010. The lowest BCUT2D eigenvalue weighted by Gasteiger charge is -2.06. The van der Waals surface area contributed by atoms with Gasteiger partial charge in [0.15, 0.2) is 11.6 Å². The van der Waals surface area contributed by atoms with Crippen LogP contribution in [0.15, 0.2) is 36.7 Å². The number of nitrogens with one attached hydrogen (secondary N) is 1. The summed E-state index contributed by atoms with van der Waals surface area (Å²) in [5.41, 5.74) is 2.85. The maximum atomic E-state index is 13.4. The van der Waals surface area contributed by atoms with E-state index in [1.54, 1.807) is 7.05 Å². The molecule has 138 valence electrons. The number of halogens is 2. The number of hydrogen-bond donors (Lipinski definition) is 1. The van der Waals surface area contributed by atoms with Crippen LogP contribution >= 0.6 is 0 Å². The van der Waals surface area contributed by atoms with Crippen LogP contribution in [0, 0.1) is 11.6 Å². The minimum Gasteiger partial charge on any atom is -0.345 e. The van der Waals surface area contributed by atoms with Crippen LogP contribution in [0.5, 0.6) is 0 Å². The van der Waals surface area contributed by atoms with Gasteiger partial charge in [0.25, 0.3) is 5.91 Å². The molecule has 0 radical (unpaired) electrons. The molecule has 1 aliphatic rings. The monoisotopic (exact) mass is 369 g/mol. The van der Waals surface area contributed by atoms with Crippen molar-refractivity contribution < 1.29 is 13.6 Å². The molecule has 0 aliphatic heterocycles. The van der Waals surface area contributed by atoms with Crippen molar-refractivity contribution in [2.75, 3.05) is 0 Å². The fraction of sp³-hybridized carbons (Fsp3) is 0.263. The van der Waals surface area contributed by atoms with Crippen LogP contribution in [-0.2, 0) is 13.6 Å². The van der Waals surface area contributed by atoms with E-state index in [0.29, 0.717) is 22.9 Å². The lowest BCUT2D eigenvalue weighted by Crippen LogP contribution is -2.25. The SMILES string of the molecule is Cn1nc(-c2ccc(F)c(F)c2)cc1C(=O)NCc1cc(C2CC2)ncn1. The first-order chi connectivity index (χ1) is 13.0. The molecule has 0 spiro atoms. The highest BCUT2D eigenvalue weighted by molar-refractivity contribution is 5.93. The van der Waals surface area contributed by atoms with Crippen molar-refractivity contribution in [3.63, 3.8) is 0 Å². The minimum atomic E-state index is -0.959. The smallest absolute Gasteiger partial charge is 0.269 e. The number of aromatic nitrogens is 4. The molecule has 4 rings (SSSR count). The second-order valence-electron chi connectivity index (χ2n) is 6.56. The van der Waals surface area contributed by atoms with Crippen molar-refractivity contribution in [1.82, 2.24) is 25.1 Å². The molecule has 1 N–H and O–H groups in total. The van der Waals surface area contributed by atoms with Gasteiger partial charge in [0.05, 0.1) is 17.9 Å². The van der Waals surface area contributed by atoms with E-state index in [-0.39, 0.29) is 12.5 Å². The number of carbonyl (C=O) groups excluding carboxylic acids is 1. The van der Waals surface area contributed by atoms with Crippen LogP contribution in [0.25, 0.3) is 11.3 Å². The van der Waals surface area contributed by atoms with Crippen molar-refractivity contribution in [2.24, 2.45) is 7.05 Å². The van der Waals surface area contributed by atoms with Gasteiger partial charge in [0.2, 0.25) is 0 Å². The van der Waals surface area contributed by atoms with Crippen LogP contribution in [0.1, 0.15) is 40.6 Å². The number of rotatable bonds is 5. The average Bonchev–Trinajstić information content (AvgIpc) is 3.44. The highest BCUT2D eigenvalue weighted by Crippen LogP contribution is 2.38. The number of nitrogens with zero attached hydrogens (tertiary/aromatic N) is 4. The molecule has 1 saturated carbocycles. The van der Waals surface area contributed by atoms with Crippen LogP contribution in [0.4, 0.5) is 8.78 Å². The predicted molar refractivity (Wildman–Crippen MR) is 93.7 cm³/mol. The van der Waals surface area contributed by atoms with Crippen molar-refractivity contribution in [3.8, 4) is 11.3 Å². The Morgan fingerprint density at radius 2 is 2.00 bits per heavy atom. The van der Waals surface area contributed by atoms with Crippen molar-refractivity contribution in [3.05, 3.63) is 65.4 Å². The Morgan fingerprint density at radius 3 is 2.74 bits per heavy atom. The molecule has 0 bridgehead atoms. The molecule has 3 aromatic rings. The van der Waals surface area contributed by atoms with E-state index in [4.69, 9.17) is 0 Å². The van der Waals surface area contributed by atoms with Crippen molar-refractivity contribution >= 4 is 5.91 Å². The fourth-order valence-corrected chi connectivity index (χ4v) is 2.85. The second kappa shape index (κ2) is 6.86. The molecule has 0 unspecified atom stereocenters. The molecule has 1 aromatic carbocycles. The lowest BCUT2D eigenvalue weighted by atomic mass is 10.1. The first-order valence-electron chi connectivity index (χ1n) is 8.60. The zero-order valence-corrected chi connectivity index (χ0v) is 14.6. The number of carbonyl (C=O) groups is 1. The van der Waals surface area contributed by atoms with E-state index in [9.17, 15) is 13.6 Å². The first-order valence-corrected chi connectivity index (χ1v) is 8.60. The third-order valence-corrected chi connectivity index (χ3v) is 4.50. The van der Waals surface area contributed by atoms with Crippen molar-refractivity contribution in [2.45, 2.75) is 25.3 Å². The summed E-state index contributed by atoms with van der Waals surface area (Å²) in [5.74, 6) is -1.70. The Morgan fingerprint density at radius 1 is 1.19 bits per heavy atom. The van der Waals surface area contributed by atoms with Crippen LogP contribution in [-0.4, -0.2) is 25.7 Å². The summed E-state index contributed by atoms with van der Waals surface area (Å²) in [6, 6.07) is 6.96. The highest BCUT2D eigenvalue weighted by Gasteiger charge is 2.25. The standard InChI is InChI=1S/C19H17F2N5O/c1-26-18(8-17(25-26)12-4-5-14(20)15(21)6-12)19(27)22-9-13-7-16(11-2-3-11)24-10-23-13/h4-8,10-11H,2-3,9H2,1H3,(H,22,27). The molecular weight excluding hydrogens is 352 g/mol. The summed E-state index contributed by atoms with van der Waals surface area (Å²) in [7, 11) is 1.62. The van der Waals surface area contributed by atoms with Crippen LogP contribution < -0.4 is 5.32 Å². The van der Waals surface area contributed by atoms with Gasteiger partial charge in [-0.25, -0.2) is 18.7 Å². The number of hydrogen-bond acceptors (Lipinski definition) is 4. The summed E-state index contributed by atoms with van der Waals surface area (Å²) in [4.78, 5) is 20.9. The lowest BCUT2D eigenvalue weighted by molar-refractivity contribution is 0.0941. The van der Waals surface area contributed by atoms with Crippen LogP contribution in [0.2, 0.25) is 0 Å². The molecule has 2 aromatic heterocycles. The van der Waals surface area contributed by atoms with Gasteiger partial charge < -0.3 is 5.32 Å². The maximum absolute atomic E-state index is 13.4. The van der Waals surface area contributed by atoms with E-state index in [0.717, 1.165) is 36.4 Å². The van der Waals surface area contributed by atoms with Gasteiger partial charge in [-0.05, 0) is 43.2 Å². The molecule has 1 aliphatic carbocycles. The molecule has 27 heavy (non-hydrogen) atoms. The normalized spacial score (nSPS) is 13.6. The second-order valence-corrected chi connectivity index (χ2v) is 6.56. The molecule has 0 saturated heterocycles. The number of amides is 1. The summed E-state index contributed by atoms with van der Waals surface area (Å²) >= 11 is 0. The third-order valence-electron chi connectivity index (χ3n) is 4.50. The maximum Gasteiger partial charge on any atom is 0.269 e. The van der Waals surface area contributed by atoms with Crippen molar-refractivity contribution in [1.29, 1.82) is 0 Å². The Balaban J connectivity index is 1.48. The summed E-state index contributed by atoms with van der Waals surface area (Å²) < 4.78 is 27.9. The zero-order chi connectivity index (χ0) is 19.0. The minimum absolute atomic E-state index is 0.271. The fourth-order valence-electron chi connectivity index (χ4n) is 2.85.